The van der Waals surface area contributed by atoms with Crippen LogP contribution in [0.25, 0.3) is 0 Å². The Morgan fingerprint density at radius 3 is 2.50 bits per heavy atom. The van der Waals surface area contributed by atoms with Gasteiger partial charge in [0.05, 0.1) is 16.2 Å². The van der Waals surface area contributed by atoms with Crippen molar-refractivity contribution in [3.05, 3.63) is 59.4 Å². The topological polar surface area (TPSA) is 109 Å². The van der Waals surface area contributed by atoms with Crippen molar-refractivity contribution in [1.29, 1.82) is 5.26 Å². The fourth-order valence-electron chi connectivity index (χ4n) is 2.81. The highest BCUT2D eigenvalue weighted by atomic mass is 32.2. The summed E-state index contributed by atoms with van der Waals surface area (Å²) >= 11 is 0. The van der Waals surface area contributed by atoms with Gasteiger partial charge < -0.3 is 10.6 Å². The molecule has 146 valence electrons. The number of nitrogens with two attached hydrogens (primary N) is 1. The SMILES string of the molecule is N#Cc1cc(CON=C2CCN(S(=O)(=O)c3ccc(N)cc3)CC2)ccc1F. The molecule has 2 aromatic carbocycles. The molecule has 0 aliphatic carbocycles. The van der Waals surface area contributed by atoms with Gasteiger partial charge in [0.15, 0.2) is 0 Å². The summed E-state index contributed by atoms with van der Waals surface area (Å²) in [6.45, 7) is 0.722. The van der Waals surface area contributed by atoms with Gasteiger partial charge in [-0.15, -0.1) is 0 Å². The van der Waals surface area contributed by atoms with Gasteiger partial charge in [0, 0.05) is 31.6 Å². The number of nitrogens with zero attached hydrogens (tertiary/aromatic N) is 3. The van der Waals surface area contributed by atoms with E-state index < -0.39 is 15.8 Å². The largest absolute Gasteiger partial charge is 0.399 e. The Morgan fingerprint density at radius 1 is 1.18 bits per heavy atom. The highest BCUT2D eigenvalue weighted by Crippen LogP contribution is 2.21. The number of halogens is 1. The van der Waals surface area contributed by atoms with Gasteiger partial charge in [-0.1, -0.05) is 11.2 Å². The maximum atomic E-state index is 13.3. The van der Waals surface area contributed by atoms with Crippen molar-refractivity contribution < 1.29 is 17.6 Å². The van der Waals surface area contributed by atoms with Crippen molar-refractivity contribution in [2.45, 2.75) is 24.3 Å². The second-order valence-corrected chi connectivity index (χ2v) is 8.27. The van der Waals surface area contributed by atoms with Crippen LogP contribution < -0.4 is 5.73 Å². The molecular formula is C19H19FN4O3S. The molecule has 0 aromatic heterocycles. The number of hydrogen-bond donors (Lipinski definition) is 1. The first-order valence-electron chi connectivity index (χ1n) is 8.62. The highest BCUT2D eigenvalue weighted by Gasteiger charge is 2.28. The van der Waals surface area contributed by atoms with Gasteiger partial charge in [0.2, 0.25) is 10.0 Å². The van der Waals surface area contributed by atoms with Crippen molar-refractivity contribution in [2.75, 3.05) is 18.8 Å². The summed E-state index contributed by atoms with van der Waals surface area (Å²) in [6, 6.07) is 12.0. The molecule has 0 spiro atoms. The number of nitriles is 1. The monoisotopic (exact) mass is 402 g/mol. The van der Waals surface area contributed by atoms with Crippen molar-refractivity contribution in [3.8, 4) is 6.07 Å². The zero-order valence-corrected chi connectivity index (χ0v) is 15.8. The van der Waals surface area contributed by atoms with Crippen molar-refractivity contribution >= 4 is 21.4 Å². The Labute approximate surface area is 162 Å². The maximum Gasteiger partial charge on any atom is 0.243 e. The minimum absolute atomic E-state index is 0.0464. The molecule has 1 aliphatic heterocycles. The van der Waals surface area contributed by atoms with Crippen LogP contribution in [0.3, 0.4) is 0 Å². The number of anilines is 1. The van der Waals surface area contributed by atoms with E-state index in [4.69, 9.17) is 15.8 Å². The minimum atomic E-state index is -3.56. The van der Waals surface area contributed by atoms with Crippen LogP contribution in [0.2, 0.25) is 0 Å². The standard InChI is InChI=1S/C19H19FN4O3S/c20-19-6-1-14(11-15(19)12-21)13-27-23-17-7-9-24(10-8-17)28(25,26)18-4-2-16(22)3-5-18/h1-6,11H,7-10,13,22H2. The number of sulfonamides is 1. The number of oxime groups is 1. The van der Waals surface area contributed by atoms with E-state index in [9.17, 15) is 12.8 Å². The van der Waals surface area contributed by atoms with E-state index in [0.29, 0.717) is 37.2 Å². The van der Waals surface area contributed by atoms with Crippen LogP contribution in [0.4, 0.5) is 10.1 Å². The first kappa shape index (κ1) is 19.8. The average Bonchev–Trinajstić information content (AvgIpc) is 2.70. The second-order valence-electron chi connectivity index (χ2n) is 6.33. The molecule has 2 aromatic rings. The molecule has 1 aliphatic rings. The third-order valence-corrected chi connectivity index (χ3v) is 6.31. The smallest absolute Gasteiger partial charge is 0.243 e. The van der Waals surface area contributed by atoms with E-state index in [-0.39, 0.29) is 17.1 Å². The molecule has 1 saturated heterocycles. The Bertz CT molecular complexity index is 1020. The van der Waals surface area contributed by atoms with Crippen LogP contribution in [0.1, 0.15) is 24.0 Å². The number of hydrogen-bond acceptors (Lipinski definition) is 6. The van der Waals surface area contributed by atoms with Crippen LogP contribution >= 0.6 is 0 Å². The molecule has 0 bridgehead atoms. The first-order valence-corrected chi connectivity index (χ1v) is 10.1. The molecule has 1 heterocycles. The van der Waals surface area contributed by atoms with E-state index in [1.165, 1.54) is 34.6 Å². The lowest BCUT2D eigenvalue weighted by Gasteiger charge is -2.26. The molecule has 2 N–H and O–H groups in total. The molecular weight excluding hydrogens is 383 g/mol. The summed E-state index contributed by atoms with van der Waals surface area (Å²) in [4.78, 5) is 5.50. The summed E-state index contributed by atoms with van der Waals surface area (Å²) in [5, 5.41) is 12.9. The first-order chi connectivity index (χ1) is 13.4. The van der Waals surface area contributed by atoms with Gasteiger partial charge in [0.1, 0.15) is 18.5 Å². The molecule has 0 amide bonds. The molecule has 0 radical (unpaired) electrons. The third-order valence-electron chi connectivity index (χ3n) is 4.39. The van der Waals surface area contributed by atoms with E-state index >= 15 is 0 Å². The molecule has 3 rings (SSSR count). The molecule has 1 fully saturated rings. The van der Waals surface area contributed by atoms with Crippen molar-refractivity contribution in [1.82, 2.24) is 4.31 Å². The molecule has 0 unspecified atom stereocenters. The quantitative estimate of drug-likeness (QED) is 0.611. The lowest BCUT2D eigenvalue weighted by atomic mass is 10.1. The Balaban J connectivity index is 1.56. The minimum Gasteiger partial charge on any atom is -0.399 e. The van der Waals surface area contributed by atoms with Gasteiger partial charge >= 0.3 is 0 Å². The summed E-state index contributed by atoms with van der Waals surface area (Å²) in [5.41, 5.74) is 7.45. The van der Waals surface area contributed by atoms with Crippen LogP contribution in [0.15, 0.2) is 52.5 Å². The Hall–Kier alpha value is -2.96. The van der Waals surface area contributed by atoms with E-state index in [2.05, 4.69) is 5.16 Å². The van der Waals surface area contributed by atoms with Gasteiger partial charge in [-0.2, -0.15) is 9.57 Å². The van der Waals surface area contributed by atoms with Crippen LogP contribution in [0.5, 0.6) is 0 Å². The van der Waals surface area contributed by atoms with Crippen molar-refractivity contribution in [2.24, 2.45) is 5.16 Å². The molecule has 0 saturated carbocycles. The number of benzene rings is 2. The molecule has 7 nitrogen and oxygen atoms in total. The predicted octanol–water partition coefficient (Wildman–Crippen LogP) is 2.64. The van der Waals surface area contributed by atoms with E-state index in [0.717, 1.165) is 5.71 Å². The Morgan fingerprint density at radius 2 is 1.86 bits per heavy atom. The van der Waals surface area contributed by atoms with Gasteiger partial charge in [-0.3, -0.25) is 0 Å². The van der Waals surface area contributed by atoms with E-state index in [1.807, 2.05) is 0 Å². The van der Waals surface area contributed by atoms with Crippen LogP contribution in [0, 0.1) is 17.1 Å². The number of rotatable bonds is 5. The molecule has 0 atom stereocenters. The zero-order chi connectivity index (χ0) is 20.1. The summed E-state index contributed by atoms with van der Waals surface area (Å²) in [5.74, 6) is -0.577. The number of nitrogen functional groups attached to an aromatic ring is 1. The summed E-state index contributed by atoms with van der Waals surface area (Å²) in [6.07, 6.45) is 0.919. The van der Waals surface area contributed by atoms with Crippen LogP contribution in [-0.2, 0) is 21.5 Å². The zero-order valence-electron chi connectivity index (χ0n) is 15.0. The molecule has 9 heteroatoms. The van der Waals surface area contributed by atoms with Crippen LogP contribution in [-0.4, -0.2) is 31.5 Å². The normalized spacial score (nSPS) is 15.1. The lowest BCUT2D eigenvalue weighted by molar-refractivity contribution is 0.128. The molecule has 28 heavy (non-hydrogen) atoms. The fourth-order valence-corrected chi connectivity index (χ4v) is 4.25. The predicted molar refractivity (Wildman–Crippen MR) is 102 cm³/mol. The average molecular weight is 402 g/mol. The highest BCUT2D eigenvalue weighted by molar-refractivity contribution is 7.89. The Kier molecular flexibility index (Phi) is 5.92. The van der Waals surface area contributed by atoms with Crippen molar-refractivity contribution in [3.63, 3.8) is 0 Å². The van der Waals surface area contributed by atoms with Gasteiger partial charge in [-0.25, -0.2) is 12.8 Å². The lowest BCUT2D eigenvalue weighted by Crippen LogP contribution is -2.38. The third kappa shape index (κ3) is 4.47. The van der Waals surface area contributed by atoms with E-state index in [1.54, 1.807) is 18.2 Å². The number of piperidine rings is 1. The van der Waals surface area contributed by atoms with Gasteiger partial charge in [0.25, 0.3) is 0 Å². The second kappa shape index (κ2) is 8.37. The summed E-state index contributed by atoms with van der Waals surface area (Å²) < 4.78 is 40.0. The summed E-state index contributed by atoms with van der Waals surface area (Å²) in [7, 11) is -3.56. The maximum absolute atomic E-state index is 13.3. The van der Waals surface area contributed by atoms with Gasteiger partial charge in [-0.05, 0) is 42.0 Å². The fraction of sp³-hybridized carbons (Fsp3) is 0.263.